The lowest BCUT2D eigenvalue weighted by atomic mass is 10.1. The van der Waals surface area contributed by atoms with Crippen molar-refractivity contribution in [1.29, 1.82) is 0 Å². The minimum Gasteiger partial charge on any atom is -0.312 e. The van der Waals surface area contributed by atoms with Crippen molar-refractivity contribution in [2.45, 2.75) is 19.4 Å². The first-order valence-corrected chi connectivity index (χ1v) is 6.43. The number of thiazole rings is 1. The Morgan fingerprint density at radius 1 is 1.47 bits per heavy atom. The van der Waals surface area contributed by atoms with Gasteiger partial charge in [0.2, 0.25) is 0 Å². The highest BCUT2D eigenvalue weighted by molar-refractivity contribution is 7.09. The first kappa shape index (κ1) is 12.2. The molecule has 0 amide bonds. The fourth-order valence-corrected chi connectivity index (χ4v) is 2.50. The van der Waals surface area contributed by atoms with Crippen molar-refractivity contribution in [3.8, 4) is 0 Å². The Hall–Kier alpha value is -1.26. The molecule has 0 fully saturated rings. The Morgan fingerprint density at radius 3 is 3.00 bits per heavy atom. The van der Waals surface area contributed by atoms with Crippen molar-refractivity contribution < 1.29 is 4.39 Å². The predicted molar refractivity (Wildman–Crippen MR) is 68.8 cm³/mol. The molecule has 1 atom stereocenters. The van der Waals surface area contributed by atoms with E-state index in [0.29, 0.717) is 6.42 Å². The van der Waals surface area contributed by atoms with Crippen LogP contribution in [0.3, 0.4) is 0 Å². The number of nitrogens with one attached hydrogen (secondary N) is 1. The van der Waals surface area contributed by atoms with Crippen molar-refractivity contribution in [1.82, 2.24) is 10.3 Å². The predicted octanol–water partition coefficient (Wildman–Crippen LogP) is 3.15. The maximum absolute atomic E-state index is 13.0. The first-order chi connectivity index (χ1) is 8.19. The van der Waals surface area contributed by atoms with Crippen LogP contribution in [0.5, 0.6) is 0 Å². The molecule has 0 saturated carbocycles. The molecule has 0 spiro atoms. The summed E-state index contributed by atoms with van der Waals surface area (Å²) in [5, 5.41) is 6.22. The summed E-state index contributed by atoms with van der Waals surface area (Å²) >= 11 is 1.62. The molecular weight excluding hydrogens is 235 g/mol. The Kier molecular flexibility index (Phi) is 3.86. The number of hydrogen-bond donors (Lipinski definition) is 1. The molecule has 1 heterocycles. The molecule has 2 rings (SSSR count). The van der Waals surface area contributed by atoms with Gasteiger partial charge < -0.3 is 5.32 Å². The molecule has 1 N–H and O–H groups in total. The highest BCUT2D eigenvalue weighted by Crippen LogP contribution is 2.19. The summed E-state index contributed by atoms with van der Waals surface area (Å²) in [7, 11) is 1.91. The van der Waals surface area contributed by atoms with Crippen LogP contribution in [0.4, 0.5) is 4.39 Å². The van der Waals surface area contributed by atoms with Gasteiger partial charge in [-0.05, 0) is 31.7 Å². The van der Waals surface area contributed by atoms with Crippen molar-refractivity contribution in [3.05, 3.63) is 51.7 Å². The number of benzene rings is 1. The maximum Gasteiger partial charge on any atom is 0.123 e. The van der Waals surface area contributed by atoms with E-state index in [-0.39, 0.29) is 11.9 Å². The third-order valence-electron chi connectivity index (χ3n) is 2.69. The normalized spacial score (nSPS) is 12.6. The van der Waals surface area contributed by atoms with Crippen molar-refractivity contribution in [2.75, 3.05) is 7.05 Å². The van der Waals surface area contributed by atoms with Crippen LogP contribution in [-0.4, -0.2) is 12.0 Å². The Morgan fingerprint density at radius 2 is 2.29 bits per heavy atom. The smallest absolute Gasteiger partial charge is 0.123 e. The molecule has 2 aromatic rings. The highest BCUT2D eigenvalue weighted by Gasteiger charge is 2.08. The number of hydrogen-bond acceptors (Lipinski definition) is 3. The summed E-state index contributed by atoms with van der Waals surface area (Å²) < 4.78 is 13.0. The van der Waals surface area contributed by atoms with Crippen LogP contribution in [0.2, 0.25) is 0 Å². The zero-order chi connectivity index (χ0) is 12.3. The summed E-state index contributed by atoms with van der Waals surface area (Å²) in [6.45, 7) is 2.07. The lowest BCUT2D eigenvalue weighted by molar-refractivity contribution is 0.625. The first-order valence-electron chi connectivity index (χ1n) is 5.55. The van der Waals surface area contributed by atoms with Gasteiger partial charge in [-0.15, -0.1) is 11.3 Å². The van der Waals surface area contributed by atoms with Crippen molar-refractivity contribution in [2.24, 2.45) is 0 Å². The van der Waals surface area contributed by atoms with Gasteiger partial charge in [0.25, 0.3) is 0 Å². The molecule has 0 saturated heterocycles. The van der Waals surface area contributed by atoms with E-state index in [1.165, 1.54) is 6.07 Å². The van der Waals surface area contributed by atoms with E-state index >= 15 is 0 Å². The molecule has 0 aliphatic heterocycles. The van der Waals surface area contributed by atoms with Crippen LogP contribution >= 0.6 is 11.3 Å². The van der Waals surface area contributed by atoms with Crippen molar-refractivity contribution >= 4 is 11.3 Å². The van der Waals surface area contributed by atoms with Gasteiger partial charge in [0.15, 0.2) is 0 Å². The van der Waals surface area contributed by atoms with E-state index in [4.69, 9.17) is 0 Å². The fourth-order valence-electron chi connectivity index (χ4n) is 1.57. The maximum atomic E-state index is 13.0. The summed E-state index contributed by atoms with van der Waals surface area (Å²) in [5.74, 6) is -0.192. The Bertz CT molecular complexity index is 496. The molecule has 0 radical (unpaired) electrons. The van der Waals surface area contributed by atoms with Gasteiger partial charge >= 0.3 is 0 Å². The third-order valence-corrected chi connectivity index (χ3v) is 3.56. The molecular formula is C13H15FN2S. The lowest BCUT2D eigenvalue weighted by Gasteiger charge is -2.05. The van der Waals surface area contributed by atoms with Crippen LogP contribution in [0.1, 0.15) is 29.2 Å². The van der Waals surface area contributed by atoms with Crippen LogP contribution in [0, 0.1) is 5.82 Å². The molecule has 90 valence electrons. The third kappa shape index (κ3) is 3.11. The topological polar surface area (TPSA) is 24.9 Å². The van der Waals surface area contributed by atoms with Crippen LogP contribution in [0.15, 0.2) is 29.6 Å². The van der Waals surface area contributed by atoms with Crippen LogP contribution in [0.25, 0.3) is 0 Å². The largest absolute Gasteiger partial charge is 0.312 e. The number of nitrogens with zero attached hydrogens (tertiary/aromatic N) is 1. The average Bonchev–Trinajstić information content (AvgIpc) is 2.76. The van der Waals surface area contributed by atoms with Gasteiger partial charge in [0, 0.05) is 17.8 Å². The summed E-state index contributed by atoms with van der Waals surface area (Å²) in [6.07, 6.45) is 0.693. The zero-order valence-electron chi connectivity index (χ0n) is 9.90. The minimum atomic E-state index is -0.192. The van der Waals surface area contributed by atoms with Gasteiger partial charge in [-0.25, -0.2) is 9.37 Å². The molecule has 1 aromatic carbocycles. The molecule has 17 heavy (non-hydrogen) atoms. The molecule has 0 aliphatic rings. The zero-order valence-corrected chi connectivity index (χ0v) is 10.7. The van der Waals surface area contributed by atoms with E-state index < -0.39 is 0 Å². The average molecular weight is 250 g/mol. The number of aromatic nitrogens is 1. The molecule has 2 nitrogen and oxygen atoms in total. The standard InChI is InChI=1S/C13H15FN2S/c1-9(15-2)12-8-17-13(16-12)7-10-4-3-5-11(14)6-10/h3-6,8-9,15H,7H2,1-2H3. The number of halogens is 1. The van der Waals surface area contributed by atoms with Crippen molar-refractivity contribution in [3.63, 3.8) is 0 Å². The van der Waals surface area contributed by atoms with Crippen LogP contribution < -0.4 is 5.32 Å². The summed E-state index contributed by atoms with van der Waals surface area (Å²) in [5.41, 5.74) is 2.01. The SMILES string of the molecule is CNC(C)c1csc(Cc2cccc(F)c2)n1. The highest BCUT2D eigenvalue weighted by atomic mass is 32.1. The van der Waals surface area contributed by atoms with E-state index in [1.54, 1.807) is 23.5 Å². The van der Waals surface area contributed by atoms with E-state index in [9.17, 15) is 4.39 Å². The van der Waals surface area contributed by atoms with Gasteiger partial charge in [-0.2, -0.15) is 0 Å². The Balaban J connectivity index is 2.11. The second kappa shape index (κ2) is 5.38. The van der Waals surface area contributed by atoms with E-state index in [2.05, 4.69) is 22.6 Å². The molecule has 0 aliphatic carbocycles. The van der Waals surface area contributed by atoms with Crippen LogP contribution in [-0.2, 0) is 6.42 Å². The fraction of sp³-hybridized carbons (Fsp3) is 0.308. The summed E-state index contributed by atoms with van der Waals surface area (Å²) in [6, 6.07) is 6.93. The van der Waals surface area contributed by atoms with E-state index in [0.717, 1.165) is 16.3 Å². The molecule has 4 heteroatoms. The lowest BCUT2D eigenvalue weighted by Crippen LogP contribution is -2.12. The molecule has 1 unspecified atom stereocenters. The van der Waals surface area contributed by atoms with Gasteiger partial charge in [0.05, 0.1) is 10.7 Å². The molecule has 0 bridgehead atoms. The van der Waals surface area contributed by atoms with Gasteiger partial charge in [-0.3, -0.25) is 0 Å². The van der Waals surface area contributed by atoms with Gasteiger partial charge in [0.1, 0.15) is 5.82 Å². The van der Waals surface area contributed by atoms with E-state index in [1.807, 2.05) is 13.1 Å². The van der Waals surface area contributed by atoms with Gasteiger partial charge in [-0.1, -0.05) is 12.1 Å². The monoisotopic (exact) mass is 250 g/mol. The second-order valence-corrected chi connectivity index (χ2v) is 4.93. The Labute approximate surface area is 105 Å². The minimum absolute atomic E-state index is 0.192. The molecule has 1 aromatic heterocycles. The second-order valence-electron chi connectivity index (χ2n) is 3.98. The number of rotatable bonds is 4. The quantitative estimate of drug-likeness (QED) is 0.901. The summed E-state index contributed by atoms with van der Waals surface area (Å²) in [4.78, 5) is 4.54.